The number of hydrogen-bond acceptors (Lipinski definition) is 7. The van der Waals surface area contributed by atoms with Crippen LogP contribution in [-0.2, 0) is 4.79 Å². The summed E-state index contributed by atoms with van der Waals surface area (Å²) in [6.07, 6.45) is 3.02. The van der Waals surface area contributed by atoms with Gasteiger partial charge < -0.3 is 39.4 Å². The molecule has 0 bridgehead atoms. The summed E-state index contributed by atoms with van der Waals surface area (Å²) in [6.45, 7) is 5.87. The molecule has 4 aromatic rings. The number of amides is 4. The Kier molecular flexibility index (Phi) is 13.7. The van der Waals surface area contributed by atoms with Crippen molar-refractivity contribution in [2.75, 3.05) is 78.3 Å². The highest BCUT2D eigenvalue weighted by molar-refractivity contribution is 6.14. The number of nitrogens with zero attached hydrogens (tertiary/aromatic N) is 4. The van der Waals surface area contributed by atoms with Crippen molar-refractivity contribution < 1.29 is 28.7 Å². The summed E-state index contributed by atoms with van der Waals surface area (Å²) in [4.78, 5) is 62.5. The first kappa shape index (κ1) is 39.7. The van der Waals surface area contributed by atoms with Crippen molar-refractivity contribution in [3.05, 3.63) is 83.0 Å². The Bertz CT molecular complexity index is 1900. The fourth-order valence-electron chi connectivity index (χ4n) is 6.09. The smallest absolute Gasteiger partial charge is 0.269 e. The number of benzene rings is 3. The molecule has 1 aliphatic rings. The van der Waals surface area contributed by atoms with E-state index in [0.29, 0.717) is 63.6 Å². The van der Waals surface area contributed by atoms with Crippen LogP contribution in [0.5, 0.6) is 11.5 Å². The molecule has 2 N–H and O–H groups in total. The van der Waals surface area contributed by atoms with Crippen LogP contribution in [-0.4, -0.2) is 111 Å². The molecule has 1 saturated heterocycles. The lowest BCUT2D eigenvalue weighted by Crippen LogP contribution is -2.47. The number of carbonyl (C=O) groups excluding carboxylic acids is 4. The molecule has 0 spiro atoms. The molecule has 0 radical (unpaired) electrons. The van der Waals surface area contributed by atoms with Gasteiger partial charge in [-0.3, -0.25) is 19.2 Å². The summed E-state index contributed by atoms with van der Waals surface area (Å²) in [6, 6.07) is 17.5. The zero-order valence-corrected chi connectivity index (χ0v) is 31.6. The van der Waals surface area contributed by atoms with Gasteiger partial charge in [-0.15, -0.1) is 12.4 Å². The van der Waals surface area contributed by atoms with E-state index in [9.17, 15) is 19.2 Å². The number of anilines is 2. The lowest BCUT2D eigenvalue weighted by atomic mass is 10.1. The van der Waals surface area contributed by atoms with Crippen molar-refractivity contribution in [3.63, 3.8) is 0 Å². The molecule has 1 aromatic heterocycles. The summed E-state index contributed by atoms with van der Waals surface area (Å²) in [5.41, 5.74) is 3.81. The van der Waals surface area contributed by atoms with Crippen molar-refractivity contribution in [3.8, 4) is 11.5 Å². The van der Waals surface area contributed by atoms with Gasteiger partial charge in [0.15, 0.2) is 0 Å². The molecule has 0 unspecified atom stereocenters. The number of rotatable bonds is 13. The highest BCUT2D eigenvalue weighted by Crippen LogP contribution is 2.32. The number of piperazine rings is 1. The summed E-state index contributed by atoms with van der Waals surface area (Å²) in [7, 11) is 8.58. The zero-order chi connectivity index (χ0) is 36.7. The lowest BCUT2D eigenvalue weighted by Gasteiger charge is -2.32. The molecule has 5 rings (SSSR count). The molecule has 1 fully saturated rings. The lowest BCUT2D eigenvalue weighted by molar-refractivity contribution is -0.132. The molecule has 3 aromatic carbocycles. The minimum Gasteiger partial charge on any atom is -0.495 e. The number of aryl methyl sites for hydroxylation is 1. The van der Waals surface area contributed by atoms with Crippen LogP contribution in [0.1, 0.15) is 62.5 Å². The van der Waals surface area contributed by atoms with Crippen LogP contribution >= 0.6 is 12.4 Å². The SMILES string of the molecule is COc1cc(C(=O)N(C)c2ccc(C)cc2OCCCCCC(=O)N2CCN(C)CC2)ccc1NC(=O)c1cccc2[nH]c(C(=O)N(C)C)cc12.Cl. The van der Waals surface area contributed by atoms with E-state index in [1.54, 1.807) is 63.6 Å². The Morgan fingerprint density at radius 1 is 0.865 bits per heavy atom. The topological polar surface area (TPSA) is 128 Å². The second-order valence-corrected chi connectivity index (χ2v) is 13.2. The normalized spacial score (nSPS) is 12.9. The van der Waals surface area contributed by atoms with E-state index >= 15 is 0 Å². The Labute approximate surface area is 311 Å². The van der Waals surface area contributed by atoms with Crippen molar-refractivity contribution >= 4 is 58.3 Å². The quantitative estimate of drug-likeness (QED) is 0.165. The fraction of sp³-hybridized carbons (Fsp3) is 0.385. The number of H-pyrrole nitrogens is 1. The van der Waals surface area contributed by atoms with Crippen LogP contribution in [0.2, 0.25) is 0 Å². The van der Waals surface area contributed by atoms with E-state index in [4.69, 9.17) is 9.47 Å². The van der Waals surface area contributed by atoms with Gasteiger partial charge in [0.1, 0.15) is 17.2 Å². The maximum atomic E-state index is 13.7. The van der Waals surface area contributed by atoms with Crippen LogP contribution in [0, 0.1) is 6.92 Å². The number of hydrogen-bond donors (Lipinski definition) is 2. The summed E-state index contributed by atoms with van der Waals surface area (Å²) >= 11 is 0. The van der Waals surface area contributed by atoms with Crippen molar-refractivity contribution in [1.82, 2.24) is 19.7 Å². The van der Waals surface area contributed by atoms with Crippen LogP contribution in [0.4, 0.5) is 11.4 Å². The van der Waals surface area contributed by atoms with E-state index in [1.807, 2.05) is 30.0 Å². The number of methoxy groups -OCH3 is 1. The van der Waals surface area contributed by atoms with Gasteiger partial charge in [-0.1, -0.05) is 12.1 Å². The number of aromatic amines is 1. The maximum Gasteiger partial charge on any atom is 0.269 e. The summed E-state index contributed by atoms with van der Waals surface area (Å²) in [5, 5.41) is 3.51. The number of halogens is 1. The summed E-state index contributed by atoms with van der Waals surface area (Å²) < 4.78 is 11.8. The van der Waals surface area contributed by atoms with Crippen molar-refractivity contribution in [2.24, 2.45) is 0 Å². The van der Waals surface area contributed by atoms with Crippen LogP contribution < -0.4 is 19.7 Å². The van der Waals surface area contributed by atoms with Gasteiger partial charge in [0.25, 0.3) is 17.7 Å². The molecular weight excluding hydrogens is 684 g/mol. The first-order valence-corrected chi connectivity index (χ1v) is 17.3. The summed E-state index contributed by atoms with van der Waals surface area (Å²) in [5.74, 6) is 0.275. The number of aromatic nitrogens is 1. The van der Waals surface area contributed by atoms with Crippen molar-refractivity contribution in [1.29, 1.82) is 0 Å². The number of unbranched alkanes of at least 4 members (excludes halogenated alkanes) is 2. The number of ether oxygens (including phenoxy) is 2. The second kappa shape index (κ2) is 17.9. The highest BCUT2D eigenvalue weighted by atomic mass is 35.5. The first-order chi connectivity index (χ1) is 24.5. The largest absolute Gasteiger partial charge is 0.495 e. The molecule has 2 heterocycles. The van der Waals surface area contributed by atoms with Gasteiger partial charge in [0.2, 0.25) is 5.91 Å². The van der Waals surface area contributed by atoms with Gasteiger partial charge in [-0.25, -0.2) is 0 Å². The Morgan fingerprint density at radius 3 is 2.33 bits per heavy atom. The number of nitrogens with one attached hydrogen (secondary N) is 2. The zero-order valence-electron chi connectivity index (χ0n) is 30.8. The van der Waals surface area contributed by atoms with Gasteiger partial charge in [0, 0.05) is 75.8 Å². The first-order valence-electron chi connectivity index (χ1n) is 17.3. The minimum atomic E-state index is -0.388. The van der Waals surface area contributed by atoms with Gasteiger partial charge >= 0.3 is 0 Å². The third-order valence-corrected chi connectivity index (χ3v) is 9.17. The Hall–Kier alpha value is -5.07. The molecule has 1 aliphatic heterocycles. The third-order valence-electron chi connectivity index (χ3n) is 9.17. The Morgan fingerprint density at radius 2 is 1.62 bits per heavy atom. The van der Waals surface area contributed by atoms with Crippen molar-refractivity contribution in [2.45, 2.75) is 32.6 Å². The molecule has 4 amide bonds. The van der Waals surface area contributed by atoms with E-state index < -0.39 is 0 Å². The monoisotopic (exact) mass is 732 g/mol. The van der Waals surface area contributed by atoms with Gasteiger partial charge in [-0.05, 0) is 87.3 Å². The molecule has 13 heteroatoms. The molecule has 0 atom stereocenters. The van der Waals surface area contributed by atoms with E-state index in [0.717, 1.165) is 51.0 Å². The second-order valence-electron chi connectivity index (χ2n) is 13.2. The van der Waals surface area contributed by atoms with Gasteiger partial charge in [-0.2, -0.15) is 0 Å². The average Bonchev–Trinajstić information content (AvgIpc) is 3.57. The minimum absolute atomic E-state index is 0. The van der Waals surface area contributed by atoms with Crippen LogP contribution in [0.15, 0.2) is 60.7 Å². The predicted molar refractivity (Wildman–Crippen MR) is 206 cm³/mol. The van der Waals surface area contributed by atoms with Crippen LogP contribution in [0.3, 0.4) is 0 Å². The van der Waals surface area contributed by atoms with Gasteiger partial charge in [0.05, 0.1) is 25.1 Å². The molecule has 0 saturated carbocycles. The maximum absolute atomic E-state index is 13.7. The molecule has 52 heavy (non-hydrogen) atoms. The van der Waals surface area contributed by atoms with E-state index in [-0.39, 0.29) is 36.0 Å². The van der Waals surface area contributed by atoms with E-state index in [2.05, 4.69) is 22.2 Å². The third kappa shape index (κ3) is 9.42. The predicted octanol–water partition coefficient (Wildman–Crippen LogP) is 5.85. The Balaban J connectivity index is 0.00000605. The molecule has 0 aliphatic carbocycles. The number of likely N-dealkylation sites (N-methyl/N-ethyl adjacent to an activating group) is 1. The standard InChI is InChI=1S/C39H48N6O6.ClH/c1-26-14-17-33(35(23-26)51-22-9-7-8-13-36(46)45-20-18-43(4)19-21-45)44(5)38(48)27-15-16-31(34(24-27)50-6)41-37(47)28-11-10-12-30-29(28)25-32(40-30)39(49)42(2)3;/h10-12,14-17,23-25,40H,7-9,13,18-22H2,1-6H3,(H,41,47);1H. The number of carbonyl (C=O) groups is 4. The molecule has 12 nitrogen and oxygen atoms in total. The molecular formula is C39H49ClN6O6. The van der Waals surface area contributed by atoms with Crippen LogP contribution in [0.25, 0.3) is 10.9 Å². The average molecular weight is 733 g/mol. The molecule has 278 valence electrons. The fourth-order valence-corrected chi connectivity index (χ4v) is 6.09. The van der Waals surface area contributed by atoms with E-state index in [1.165, 1.54) is 16.9 Å². The highest BCUT2D eigenvalue weighted by Gasteiger charge is 2.22. The number of fused-ring (bicyclic) bond motifs is 1.